The highest BCUT2D eigenvalue weighted by Gasteiger charge is 2.02. The van der Waals surface area contributed by atoms with Crippen molar-refractivity contribution in [1.29, 1.82) is 0 Å². The lowest BCUT2D eigenvalue weighted by molar-refractivity contribution is 0.746. The monoisotopic (exact) mass is 207 g/mol. The normalized spacial score (nSPS) is 12.1. The summed E-state index contributed by atoms with van der Waals surface area (Å²) >= 11 is 0. The van der Waals surface area contributed by atoms with Crippen LogP contribution < -0.4 is 5.32 Å². The Kier molecular flexibility index (Phi) is 4.56. The molecule has 0 radical (unpaired) electrons. The summed E-state index contributed by atoms with van der Waals surface area (Å²) in [5.74, 6) is 0. The van der Waals surface area contributed by atoms with Crippen molar-refractivity contribution in [1.82, 2.24) is 15.1 Å². The van der Waals surface area contributed by atoms with E-state index in [0.717, 1.165) is 19.5 Å². The summed E-state index contributed by atoms with van der Waals surface area (Å²) in [6, 6.07) is 0. The third kappa shape index (κ3) is 3.51. The Balaban J connectivity index is 2.77. The predicted octanol–water partition coefficient (Wildman–Crippen LogP) is 2.00. The molecule has 0 unspecified atom stereocenters. The third-order valence-corrected chi connectivity index (χ3v) is 2.33. The largest absolute Gasteiger partial charge is 0.313 e. The highest BCUT2D eigenvalue weighted by molar-refractivity contribution is 5.54. The van der Waals surface area contributed by atoms with Crippen LogP contribution in [-0.4, -0.2) is 22.9 Å². The Morgan fingerprint density at radius 3 is 2.87 bits per heavy atom. The van der Waals surface area contributed by atoms with Gasteiger partial charge in [-0.1, -0.05) is 25.5 Å². The Morgan fingerprint density at radius 2 is 2.27 bits per heavy atom. The predicted molar refractivity (Wildman–Crippen MR) is 64.8 cm³/mol. The molecule has 1 N–H and O–H groups in total. The van der Waals surface area contributed by atoms with Gasteiger partial charge in [-0.3, -0.25) is 4.68 Å². The number of nitrogens with zero attached hydrogens (tertiary/aromatic N) is 2. The molecular weight excluding hydrogens is 186 g/mol. The molecule has 0 fully saturated rings. The van der Waals surface area contributed by atoms with Gasteiger partial charge in [0.15, 0.2) is 0 Å². The maximum atomic E-state index is 4.41. The molecule has 1 rings (SSSR count). The van der Waals surface area contributed by atoms with E-state index < -0.39 is 0 Å². The molecule has 0 bridgehead atoms. The molecule has 0 saturated heterocycles. The molecule has 0 spiro atoms. The smallest absolute Gasteiger partial charge is 0.0694 e. The van der Waals surface area contributed by atoms with Gasteiger partial charge in [0.25, 0.3) is 0 Å². The minimum Gasteiger partial charge on any atom is -0.313 e. The molecule has 0 aliphatic heterocycles. The number of rotatable bonds is 5. The molecule has 1 heterocycles. The Hall–Kier alpha value is -1.09. The van der Waals surface area contributed by atoms with Gasteiger partial charge in [-0.15, -0.1) is 0 Å². The van der Waals surface area contributed by atoms with E-state index in [-0.39, 0.29) is 0 Å². The van der Waals surface area contributed by atoms with E-state index in [1.807, 2.05) is 11.7 Å². The SMILES string of the molecule is CCNCC(C)=Cc1cn(C)nc1CC. The Labute approximate surface area is 92.2 Å². The van der Waals surface area contributed by atoms with Gasteiger partial charge in [0.2, 0.25) is 0 Å². The van der Waals surface area contributed by atoms with Gasteiger partial charge in [-0.2, -0.15) is 5.10 Å². The molecular formula is C12H21N3. The lowest BCUT2D eigenvalue weighted by Gasteiger charge is -2.01. The molecule has 15 heavy (non-hydrogen) atoms. The summed E-state index contributed by atoms with van der Waals surface area (Å²) < 4.78 is 1.88. The van der Waals surface area contributed by atoms with E-state index in [9.17, 15) is 0 Å². The molecule has 0 aromatic carbocycles. The summed E-state index contributed by atoms with van der Waals surface area (Å²) in [4.78, 5) is 0. The molecule has 0 amide bonds. The first-order chi connectivity index (χ1) is 7.17. The van der Waals surface area contributed by atoms with Gasteiger partial charge in [-0.05, 0) is 19.9 Å². The van der Waals surface area contributed by atoms with Gasteiger partial charge < -0.3 is 5.32 Å². The third-order valence-electron chi connectivity index (χ3n) is 2.33. The van der Waals surface area contributed by atoms with Crippen molar-refractivity contribution >= 4 is 6.08 Å². The van der Waals surface area contributed by atoms with Gasteiger partial charge in [0.05, 0.1) is 5.69 Å². The van der Waals surface area contributed by atoms with Crippen LogP contribution in [0, 0.1) is 0 Å². The van der Waals surface area contributed by atoms with E-state index in [0.29, 0.717) is 0 Å². The minimum atomic E-state index is 0.953. The molecule has 3 nitrogen and oxygen atoms in total. The van der Waals surface area contributed by atoms with Crippen molar-refractivity contribution in [3.63, 3.8) is 0 Å². The van der Waals surface area contributed by atoms with E-state index >= 15 is 0 Å². The fraction of sp³-hybridized carbons (Fsp3) is 0.583. The zero-order valence-electron chi connectivity index (χ0n) is 10.2. The maximum Gasteiger partial charge on any atom is 0.0694 e. The van der Waals surface area contributed by atoms with Crippen LogP contribution in [0.15, 0.2) is 11.8 Å². The van der Waals surface area contributed by atoms with Crippen LogP contribution in [0.4, 0.5) is 0 Å². The zero-order chi connectivity index (χ0) is 11.3. The van der Waals surface area contributed by atoms with E-state index in [1.54, 1.807) is 0 Å². The highest BCUT2D eigenvalue weighted by Crippen LogP contribution is 2.11. The van der Waals surface area contributed by atoms with Gasteiger partial charge in [-0.25, -0.2) is 0 Å². The second kappa shape index (κ2) is 5.71. The van der Waals surface area contributed by atoms with Crippen LogP contribution >= 0.6 is 0 Å². The molecule has 0 atom stereocenters. The minimum absolute atomic E-state index is 0.953. The molecule has 3 heteroatoms. The first-order valence-electron chi connectivity index (χ1n) is 5.57. The van der Waals surface area contributed by atoms with Crippen molar-refractivity contribution < 1.29 is 0 Å². The molecule has 0 aliphatic carbocycles. The number of aryl methyl sites for hydroxylation is 2. The van der Waals surface area contributed by atoms with Gasteiger partial charge in [0.1, 0.15) is 0 Å². The lowest BCUT2D eigenvalue weighted by Crippen LogP contribution is -2.14. The molecule has 0 saturated carbocycles. The fourth-order valence-electron chi connectivity index (χ4n) is 1.59. The Bertz CT molecular complexity index is 337. The van der Waals surface area contributed by atoms with E-state index in [4.69, 9.17) is 0 Å². The number of aromatic nitrogens is 2. The average Bonchev–Trinajstić information content (AvgIpc) is 2.55. The molecule has 0 aliphatic rings. The molecule has 1 aromatic heterocycles. The standard InChI is InChI=1S/C12H21N3/c1-5-12-11(9-15(4)14-12)7-10(3)8-13-6-2/h7,9,13H,5-6,8H2,1-4H3. The molecule has 1 aromatic rings. The maximum absolute atomic E-state index is 4.41. The summed E-state index contributed by atoms with van der Waals surface area (Å²) in [6.07, 6.45) is 5.28. The van der Waals surface area contributed by atoms with E-state index in [1.165, 1.54) is 16.8 Å². The second-order valence-corrected chi connectivity index (χ2v) is 3.83. The summed E-state index contributed by atoms with van der Waals surface area (Å²) in [6.45, 7) is 8.37. The van der Waals surface area contributed by atoms with Gasteiger partial charge in [0, 0.05) is 25.4 Å². The topological polar surface area (TPSA) is 29.9 Å². The first-order valence-corrected chi connectivity index (χ1v) is 5.57. The fourth-order valence-corrected chi connectivity index (χ4v) is 1.59. The number of nitrogens with one attached hydrogen (secondary N) is 1. The van der Waals surface area contributed by atoms with Crippen LogP contribution in [0.5, 0.6) is 0 Å². The van der Waals surface area contributed by atoms with Crippen molar-refractivity contribution in [2.24, 2.45) is 7.05 Å². The number of hydrogen-bond acceptors (Lipinski definition) is 2. The van der Waals surface area contributed by atoms with Crippen molar-refractivity contribution in [2.45, 2.75) is 27.2 Å². The van der Waals surface area contributed by atoms with Crippen molar-refractivity contribution in [2.75, 3.05) is 13.1 Å². The highest BCUT2D eigenvalue weighted by atomic mass is 15.2. The summed E-state index contributed by atoms with van der Waals surface area (Å²) in [5, 5.41) is 7.73. The second-order valence-electron chi connectivity index (χ2n) is 3.83. The van der Waals surface area contributed by atoms with Crippen molar-refractivity contribution in [3.8, 4) is 0 Å². The van der Waals surface area contributed by atoms with Crippen LogP contribution in [0.2, 0.25) is 0 Å². The lowest BCUT2D eigenvalue weighted by atomic mass is 10.1. The van der Waals surface area contributed by atoms with Crippen LogP contribution in [0.25, 0.3) is 6.08 Å². The van der Waals surface area contributed by atoms with Gasteiger partial charge >= 0.3 is 0 Å². The summed E-state index contributed by atoms with van der Waals surface area (Å²) in [5.41, 5.74) is 3.77. The first kappa shape index (κ1) is 12.0. The van der Waals surface area contributed by atoms with Crippen LogP contribution in [0.1, 0.15) is 32.0 Å². The molecule has 84 valence electrons. The van der Waals surface area contributed by atoms with Crippen LogP contribution in [-0.2, 0) is 13.5 Å². The average molecular weight is 207 g/mol. The van der Waals surface area contributed by atoms with Crippen LogP contribution in [0.3, 0.4) is 0 Å². The number of likely N-dealkylation sites (N-methyl/N-ethyl adjacent to an activating group) is 1. The summed E-state index contributed by atoms with van der Waals surface area (Å²) in [7, 11) is 1.97. The number of hydrogen-bond donors (Lipinski definition) is 1. The quantitative estimate of drug-likeness (QED) is 0.800. The zero-order valence-corrected chi connectivity index (χ0v) is 10.2. The van der Waals surface area contributed by atoms with Crippen molar-refractivity contribution in [3.05, 3.63) is 23.0 Å². The Morgan fingerprint density at radius 1 is 1.53 bits per heavy atom. The van der Waals surface area contributed by atoms with E-state index in [2.05, 4.69) is 43.5 Å².